The smallest absolute Gasteiger partial charge is 0.262 e. The SMILES string of the molecule is CCCCCCC1C(=O)c2ccc3c4c(c(-c5cc6sc(-c7cc8c9c(ccc%10c9c7C(=O)N(CCCCCC)C%10=O)C(=O)N(CCCCCC)C8=O)cc6s5)cc(c24)C1=O)C(=O)N(CCCCCC)C3=O. The molecule has 2 aromatic heterocycles. The number of carbonyl (C=O) groups is 8. The van der Waals surface area contributed by atoms with Crippen LogP contribution in [0, 0.1) is 5.92 Å². The average molecular weight is 1000 g/mol. The van der Waals surface area contributed by atoms with Gasteiger partial charge in [-0.05, 0) is 74.2 Å². The molecule has 11 nitrogen and oxygen atoms in total. The predicted molar refractivity (Wildman–Crippen MR) is 285 cm³/mol. The van der Waals surface area contributed by atoms with Gasteiger partial charge in [0.1, 0.15) is 0 Å². The van der Waals surface area contributed by atoms with Gasteiger partial charge in [0.15, 0.2) is 11.6 Å². The van der Waals surface area contributed by atoms with Crippen LogP contribution in [0.4, 0.5) is 0 Å². The average Bonchev–Trinajstić information content (AvgIpc) is 3.97. The number of hydrogen-bond acceptors (Lipinski definition) is 10. The van der Waals surface area contributed by atoms with Crippen LogP contribution < -0.4 is 0 Å². The summed E-state index contributed by atoms with van der Waals surface area (Å²) < 4.78 is 1.66. The van der Waals surface area contributed by atoms with Crippen molar-refractivity contribution in [1.82, 2.24) is 14.7 Å². The maximum Gasteiger partial charge on any atom is 0.262 e. The molecule has 6 amide bonds. The maximum atomic E-state index is 14.9. The Bertz CT molecular complexity index is 3060. The molecule has 372 valence electrons. The largest absolute Gasteiger partial charge is 0.293 e. The number of amides is 6. The van der Waals surface area contributed by atoms with Crippen LogP contribution in [0.15, 0.2) is 48.5 Å². The first-order chi connectivity index (χ1) is 34.9. The first-order valence-corrected chi connectivity index (χ1v) is 28.1. The molecule has 0 bridgehead atoms. The van der Waals surface area contributed by atoms with E-state index in [2.05, 4.69) is 27.7 Å². The van der Waals surface area contributed by atoms with Gasteiger partial charge in [0.25, 0.3) is 35.4 Å². The third-order valence-corrected chi connectivity index (χ3v) is 17.7. The Kier molecular flexibility index (Phi) is 14.0. The molecular weight excluding hydrogens is 943 g/mol. The predicted octanol–water partition coefficient (Wildman–Crippen LogP) is 14.1. The lowest BCUT2D eigenvalue weighted by molar-refractivity contribution is 0.0586. The molecule has 0 saturated carbocycles. The summed E-state index contributed by atoms with van der Waals surface area (Å²) in [5.41, 5.74) is 3.53. The second-order valence-corrected chi connectivity index (χ2v) is 22.2. The van der Waals surface area contributed by atoms with Crippen molar-refractivity contribution in [3.63, 3.8) is 0 Å². The zero-order chi connectivity index (χ0) is 50.5. The van der Waals surface area contributed by atoms with E-state index in [1.54, 1.807) is 36.4 Å². The fraction of sp³-hybridized carbons (Fsp3) is 0.424. The maximum absolute atomic E-state index is 14.9. The van der Waals surface area contributed by atoms with Crippen LogP contribution in [0.25, 0.3) is 51.8 Å². The van der Waals surface area contributed by atoms with E-state index in [4.69, 9.17) is 0 Å². The lowest BCUT2D eigenvalue weighted by atomic mass is 9.74. The standard InChI is InChI=1S/C59H61N3O8S2/c1-5-9-13-17-21-37-52(63)33-22-23-35-48-46(33)40(53(37)64)29-38(50(48)58(69)61(55(35)66)27-19-15-11-7-3)42-31-44-45(71-42)32-43(72-44)39-30-41-47-34(54(65)60(57(41)68)26-18-14-10-6-2)24-25-36-49(47)51(39)59(70)62(56(36)67)28-20-16-12-8-4/h22-25,29-32,37H,5-21,26-28H2,1-4H3. The van der Waals surface area contributed by atoms with Crippen molar-refractivity contribution >= 4 is 101 Å². The van der Waals surface area contributed by atoms with E-state index in [1.807, 2.05) is 12.1 Å². The first-order valence-electron chi connectivity index (χ1n) is 26.4. The second kappa shape index (κ2) is 20.4. The molecule has 4 aromatic carbocycles. The summed E-state index contributed by atoms with van der Waals surface area (Å²) in [6.45, 7) is 9.16. The molecule has 0 spiro atoms. The van der Waals surface area contributed by atoms with Crippen molar-refractivity contribution < 1.29 is 38.4 Å². The summed E-state index contributed by atoms with van der Waals surface area (Å²) >= 11 is 2.84. The molecule has 10 rings (SSSR count). The van der Waals surface area contributed by atoms with Gasteiger partial charge in [-0.25, -0.2) is 0 Å². The highest BCUT2D eigenvalue weighted by molar-refractivity contribution is 7.31. The second-order valence-electron chi connectivity index (χ2n) is 20.1. The Morgan fingerprint density at radius 3 is 1.18 bits per heavy atom. The summed E-state index contributed by atoms with van der Waals surface area (Å²) in [5.74, 6) is -4.05. The highest BCUT2D eigenvalue weighted by Gasteiger charge is 2.44. The molecule has 0 saturated heterocycles. The Hall–Kier alpha value is -6.18. The molecule has 13 heteroatoms. The number of unbranched alkanes of at least 4 members (excludes halogenated alkanes) is 12. The molecule has 0 radical (unpaired) electrons. The Morgan fingerprint density at radius 1 is 0.361 bits per heavy atom. The van der Waals surface area contributed by atoms with Crippen LogP contribution in [0.3, 0.4) is 0 Å². The van der Waals surface area contributed by atoms with Gasteiger partial charge < -0.3 is 0 Å². The number of fused-ring (bicyclic) bond motifs is 1. The van der Waals surface area contributed by atoms with Gasteiger partial charge in [0, 0.05) is 105 Å². The summed E-state index contributed by atoms with van der Waals surface area (Å²) in [5, 5.41) is 1.42. The molecule has 72 heavy (non-hydrogen) atoms. The van der Waals surface area contributed by atoms with Crippen molar-refractivity contribution in [3.05, 3.63) is 93.0 Å². The summed E-state index contributed by atoms with van der Waals surface area (Å²) in [6.07, 6.45) is 14.5. The monoisotopic (exact) mass is 1000 g/mol. The molecule has 3 aliphatic heterocycles. The number of carbonyl (C=O) groups excluding carboxylic acids is 8. The Labute approximate surface area is 427 Å². The van der Waals surface area contributed by atoms with Gasteiger partial charge in [-0.15, -0.1) is 22.7 Å². The minimum atomic E-state index is -0.853. The van der Waals surface area contributed by atoms with Crippen LogP contribution in [0.2, 0.25) is 0 Å². The number of Topliss-reactive ketones (excluding diaryl/α,β-unsaturated/α-hetero) is 2. The van der Waals surface area contributed by atoms with Crippen molar-refractivity contribution in [2.24, 2.45) is 5.92 Å². The van der Waals surface area contributed by atoms with Gasteiger partial charge in [-0.2, -0.15) is 0 Å². The van der Waals surface area contributed by atoms with Gasteiger partial charge in [0.2, 0.25) is 0 Å². The van der Waals surface area contributed by atoms with Crippen LogP contribution in [0.5, 0.6) is 0 Å². The van der Waals surface area contributed by atoms with Crippen LogP contribution in [-0.4, -0.2) is 81.3 Å². The highest BCUT2D eigenvalue weighted by atomic mass is 32.1. The Balaban J connectivity index is 1.12. The summed E-state index contributed by atoms with van der Waals surface area (Å²) in [7, 11) is 0. The zero-order valence-corrected chi connectivity index (χ0v) is 43.4. The van der Waals surface area contributed by atoms with E-state index in [0.29, 0.717) is 107 Å². The number of ketones is 2. The van der Waals surface area contributed by atoms with Crippen LogP contribution in [-0.2, 0) is 0 Å². The topological polar surface area (TPSA) is 146 Å². The third-order valence-electron chi connectivity index (χ3n) is 15.3. The molecule has 6 aromatic rings. The minimum Gasteiger partial charge on any atom is -0.293 e. The number of benzene rings is 4. The normalized spacial score (nSPS) is 16.3. The Morgan fingerprint density at radius 2 is 0.722 bits per heavy atom. The van der Waals surface area contributed by atoms with E-state index < -0.39 is 41.4 Å². The molecule has 1 aliphatic carbocycles. The number of imide groups is 3. The molecule has 1 unspecified atom stereocenters. The number of rotatable bonds is 22. The van der Waals surface area contributed by atoms with E-state index in [0.717, 1.165) is 92.9 Å². The van der Waals surface area contributed by atoms with Crippen molar-refractivity contribution in [3.8, 4) is 20.9 Å². The van der Waals surface area contributed by atoms with Crippen molar-refractivity contribution in [2.45, 2.75) is 137 Å². The molecule has 0 fully saturated rings. The number of nitrogens with zero attached hydrogens (tertiary/aromatic N) is 3. The third kappa shape index (κ3) is 8.15. The minimum absolute atomic E-state index is 0.240. The van der Waals surface area contributed by atoms with Gasteiger partial charge >= 0.3 is 0 Å². The highest BCUT2D eigenvalue weighted by Crippen LogP contribution is 2.50. The summed E-state index contributed by atoms with van der Waals surface area (Å²) in [4.78, 5) is 121. The molecule has 1 atom stereocenters. The lowest BCUT2D eigenvalue weighted by Crippen LogP contribution is -2.44. The molecule has 0 N–H and O–H groups in total. The fourth-order valence-electron chi connectivity index (χ4n) is 11.5. The fourth-order valence-corrected chi connectivity index (χ4v) is 14.0. The number of hydrogen-bond donors (Lipinski definition) is 0. The molecule has 4 aliphatic rings. The molecule has 5 heterocycles. The van der Waals surface area contributed by atoms with E-state index >= 15 is 0 Å². The van der Waals surface area contributed by atoms with Crippen LogP contribution >= 0.6 is 22.7 Å². The van der Waals surface area contributed by atoms with Gasteiger partial charge in [0.05, 0.1) is 17.0 Å². The lowest BCUT2D eigenvalue weighted by Gasteiger charge is -2.33. The van der Waals surface area contributed by atoms with Gasteiger partial charge in [-0.1, -0.05) is 111 Å². The number of thiophene rings is 2. The van der Waals surface area contributed by atoms with E-state index in [1.165, 1.54) is 37.4 Å². The van der Waals surface area contributed by atoms with Crippen LogP contribution in [0.1, 0.15) is 220 Å². The van der Waals surface area contributed by atoms with Gasteiger partial charge in [-0.3, -0.25) is 53.1 Å². The quantitative estimate of drug-likeness (QED) is 0.0371. The van der Waals surface area contributed by atoms with Crippen molar-refractivity contribution in [1.29, 1.82) is 0 Å². The first kappa shape index (κ1) is 49.4. The van der Waals surface area contributed by atoms with Crippen molar-refractivity contribution in [2.75, 3.05) is 19.6 Å². The summed E-state index contributed by atoms with van der Waals surface area (Å²) in [6, 6.07) is 14.1. The van der Waals surface area contributed by atoms with E-state index in [-0.39, 0.29) is 36.8 Å². The van der Waals surface area contributed by atoms with E-state index in [9.17, 15) is 38.4 Å². The molecular formula is C59H61N3O8S2. The zero-order valence-electron chi connectivity index (χ0n) is 41.8.